The highest BCUT2D eigenvalue weighted by Gasteiger charge is 2.08. The van der Waals surface area contributed by atoms with Crippen molar-refractivity contribution >= 4 is 40.0 Å². The van der Waals surface area contributed by atoms with Gasteiger partial charge in [0.1, 0.15) is 11.0 Å². The minimum atomic E-state index is 0.699. The molecule has 2 aromatic carbocycles. The van der Waals surface area contributed by atoms with Crippen LogP contribution in [0.3, 0.4) is 0 Å². The molecule has 0 aliphatic heterocycles. The molecule has 0 radical (unpaired) electrons. The standard InChI is InChI=1S/C15H14ClN3S/c16-12-8-9-13-15(19-20-18-13)14(12)17-10-4-7-11-5-2-1-3-6-11/h1-3,5-6,8-9,17H,4,7,10H2. The third-order valence-electron chi connectivity index (χ3n) is 3.16. The normalized spacial score (nSPS) is 10.8. The van der Waals surface area contributed by atoms with Crippen LogP contribution in [-0.2, 0) is 6.42 Å². The highest BCUT2D eigenvalue weighted by Crippen LogP contribution is 2.29. The SMILES string of the molecule is Clc1ccc2nsnc2c1NCCCc1ccccc1. The lowest BCUT2D eigenvalue weighted by molar-refractivity contribution is 0.864. The first-order valence-corrected chi connectivity index (χ1v) is 7.64. The Morgan fingerprint density at radius 1 is 1.05 bits per heavy atom. The zero-order valence-corrected chi connectivity index (χ0v) is 12.4. The maximum atomic E-state index is 6.23. The third kappa shape index (κ3) is 2.92. The summed E-state index contributed by atoms with van der Waals surface area (Å²) in [7, 11) is 0. The fourth-order valence-electron chi connectivity index (χ4n) is 2.15. The zero-order valence-electron chi connectivity index (χ0n) is 10.8. The van der Waals surface area contributed by atoms with Gasteiger partial charge < -0.3 is 5.32 Å². The number of fused-ring (bicyclic) bond motifs is 1. The largest absolute Gasteiger partial charge is 0.382 e. The van der Waals surface area contributed by atoms with Crippen molar-refractivity contribution in [2.75, 3.05) is 11.9 Å². The molecule has 0 aliphatic rings. The van der Waals surface area contributed by atoms with Crippen molar-refractivity contribution in [3.05, 3.63) is 53.1 Å². The average molecular weight is 304 g/mol. The van der Waals surface area contributed by atoms with E-state index >= 15 is 0 Å². The lowest BCUT2D eigenvalue weighted by Crippen LogP contribution is -2.04. The summed E-state index contributed by atoms with van der Waals surface area (Å²) in [6.45, 7) is 0.866. The lowest BCUT2D eigenvalue weighted by Gasteiger charge is -2.08. The van der Waals surface area contributed by atoms with Crippen LogP contribution < -0.4 is 5.32 Å². The second-order valence-corrected chi connectivity index (χ2v) is 5.51. The van der Waals surface area contributed by atoms with Crippen LogP contribution in [0.5, 0.6) is 0 Å². The number of nitrogens with one attached hydrogen (secondary N) is 1. The highest BCUT2D eigenvalue weighted by atomic mass is 35.5. The number of nitrogens with zero attached hydrogens (tertiary/aromatic N) is 2. The number of rotatable bonds is 5. The molecular formula is C15H14ClN3S. The van der Waals surface area contributed by atoms with Gasteiger partial charge in [0.2, 0.25) is 0 Å². The van der Waals surface area contributed by atoms with Crippen molar-refractivity contribution in [3.63, 3.8) is 0 Å². The van der Waals surface area contributed by atoms with Crippen molar-refractivity contribution < 1.29 is 0 Å². The van der Waals surface area contributed by atoms with Crippen molar-refractivity contribution in [3.8, 4) is 0 Å². The molecule has 0 bridgehead atoms. The van der Waals surface area contributed by atoms with E-state index in [4.69, 9.17) is 11.6 Å². The monoisotopic (exact) mass is 303 g/mol. The molecule has 0 spiro atoms. The van der Waals surface area contributed by atoms with Crippen molar-refractivity contribution in [1.29, 1.82) is 0 Å². The average Bonchev–Trinajstić information content (AvgIpc) is 2.95. The van der Waals surface area contributed by atoms with E-state index in [0.29, 0.717) is 5.02 Å². The van der Waals surface area contributed by atoms with Crippen LogP contribution >= 0.6 is 23.3 Å². The fourth-order valence-corrected chi connectivity index (χ4v) is 2.91. The molecule has 3 rings (SSSR count). The van der Waals surface area contributed by atoms with Gasteiger partial charge in [-0.1, -0.05) is 41.9 Å². The van der Waals surface area contributed by atoms with E-state index in [9.17, 15) is 0 Å². The van der Waals surface area contributed by atoms with Crippen LogP contribution in [0.1, 0.15) is 12.0 Å². The predicted octanol–water partition coefficient (Wildman–Crippen LogP) is 4.39. The van der Waals surface area contributed by atoms with Crippen LogP contribution in [0.15, 0.2) is 42.5 Å². The molecule has 0 amide bonds. The fraction of sp³-hybridized carbons (Fsp3) is 0.200. The Balaban J connectivity index is 1.63. The van der Waals surface area contributed by atoms with Gasteiger partial charge in [-0.3, -0.25) is 0 Å². The molecule has 0 unspecified atom stereocenters. The summed E-state index contributed by atoms with van der Waals surface area (Å²) in [4.78, 5) is 0. The van der Waals surface area contributed by atoms with Gasteiger partial charge in [-0.25, -0.2) is 0 Å². The number of aryl methyl sites for hydroxylation is 1. The van der Waals surface area contributed by atoms with Crippen LogP contribution in [0.25, 0.3) is 11.0 Å². The molecule has 3 aromatic rings. The third-order valence-corrected chi connectivity index (χ3v) is 4.02. The zero-order chi connectivity index (χ0) is 13.8. The lowest BCUT2D eigenvalue weighted by atomic mass is 10.1. The Hall–Kier alpha value is -1.65. The van der Waals surface area contributed by atoms with Crippen molar-refractivity contribution in [2.45, 2.75) is 12.8 Å². The number of hydrogen-bond acceptors (Lipinski definition) is 4. The first-order valence-electron chi connectivity index (χ1n) is 6.53. The number of hydrogen-bond donors (Lipinski definition) is 1. The number of anilines is 1. The van der Waals surface area contributed by atoms with E-state index in [1.807, 2.05) is 18.2 Å². The van der Waals surface area contributed by atoms with Gasteiger partial charge in [0, 0.05) is 6.54 Å². The number of benzene rings is 2. The maximum Gasteiger partial charge on any atom is 0.129 e. The second kappa shape index (κ2) is 6.20. The van der Waals surface area contributed by atoms with Gasteiger partial charge >= 0.3 is 0 Å². The molecule has 102 valence electrons. The van der Waals surface area contributed by atoms with Crippen molar-refractivity contribution in [2.24, 2.45) is 0 Å². The molecule has 20 heavy (non-hydrogen) atoms. The van der Waals surface area contributed by atoms with Crippen LogP contribution in [-0.4, -0.2) is 15.3 Å². The Morgan fingerprint density at radius 2 is 1.90 bits per heavy atom. The predicted molar refractivity (Wildman–Crippen MR) is 85.7 cm³/mol. The maximum absolute atomic E-state index is 6.23. The minimum Gasteiger partial charge on any atom is -0.382 e. The van der Waals surface area contributed by atoms with Crippen LogP contribution in [0, 0.1) is 0 Å². The molecular weight excluding hydrogens is 290 g/mol. The first kappa shape index (κ1) is 13.3. The Morgan fingerprint density at radius 3 is 2.75 bits per heavy atom. The van der Waals surface area contributed by atoms with E-state index in [2.05, 4.69) is 38.3 Å². The summed E-state index contributed by atoms with van der Waals surface area (Å²) < 4.78 is 8.53. The van der Waals surface area contributed by atoms with Gasteiger partial charge in [-0.15, -0.1) is 0 Å². The van der Waals surface area contributed by atoms with Crippen molar-refractivity contribution in [1.82, 2.24) is 8.75 Å². The van der Waals surface area contributed by atoms with Gasteiger partial charge in [0.15, 0.2) is 0 Å². The molecule has 1 N–H and O–H groups in total. The molecule has 0 saturated heterocycles. The molecule has 3 nitrogen and oxygen atoms in total. The van der Waals surface area contributed by atoms with Gasteiger partial charge in [-0.05, 0) is 30.5 Å². The van der Waals surface area contributed by atoms with E-state index in [1.54, 1.807) is 0 Å². The molecule has 0 atom stereocenters. The summed E-state index contributed by atoms with van der Waals surface area (Å²) >= 11 is 7.44. The Kier molecular flexibility index (Phi) is 4.14. The number of aromatic nitrogens is 2. The summed E-state index contributed by atoms with van der Waals surface area (Å²) in [5.41, 5.74) is 4.01. The second-order valence-electron chi connectivity index (χ2n) is 4.57. The van der Waals surface area contributed by atoms with E-state index in [-0.39, 0.29) is 0 Å². The minimum absolute atomic E-state index is 0.699. The summed E-state index contributed by atoms with van der Waals surface area (Å²) in [5.74, 6) is 0. The highest BCUT2D eigenvalue weighted by molar-refractivity contribution is 7.00. The Labute approximate surface area is 126 Å². The van der Waals surface area contributed by atoms with E-state index < -0.39 is 0 Å². The molecule has 0 saturated carbocycles. The summed E-state index contributed by atoms with van der Waals surface area (Å²) in [5, 5.41) is 4.08. The summed E-state index contributed by atoms with van der Waals surface area (Å²) in [6.07, 6.45) is 2.10. The Bertz CT molecular complexity index is 697. The molecule has 0 aliphatic carbocycles. The molecule has 1 heterocycles. The van der Waals surface area contributed by atoms with E-state index in [1.165, 1.54) is 17.3 Å². The van der Waals surface area contributed by atoms with E-state index in [0.717, 1.165) is 36.1 Å². The van der Waals surface area contributed by atoms with Crippen LogP contribution in [0.4, 0.5) is 5.69 Å². The molecule has 1 aromatic heterocycles. The molecule has 0 fully saturated rings. The summed E-state index contributed by atoms with van der Waals surface area (Å²) in [6, 6.07) is 14.2. The van der Waals surface area contributed by atoms with Crippen LogP contribution in [0.2, 0.25) is 5.02 Å². The molecule has 5 heteroatoms. The number of halogens is 1. The van der Waals surface area contributed by atoms with Gasteiger partial charge in [0.05, 0.1) is 22.4 Å². The smallest absolute Gasteiger partial charge is 0.129 e. The van der Waals surface area contributed by atoms with Gasteiger partial charge in [0.25, 0.3) is 0 Å². The van der Waals surface area contributed by atoms with Gasteiger partial charge in [-0.2, -0.15) is 8.75 Å². The quantitative estimate of drug-likeness (QED) is 0.710. The first-order chi connectivity index (χ1) is 9.84. The topological polar surface area (TPSA) is 37.8 Å².